The van der Waals surface area contributed by atoms with E-state index in [1.54, 1.807) is 11.8 Å². The average Bonchev–Trinajstić information content (AvgIpc) is 2.47. The second-order valence-corrected chi connectivity index (χ2v) is 5.93. The third-order valence-corrected chi connectivity index (χ3v) is 4.37. The van der Waals surface area contributed by atoms with Gasteiger partial charge in [0.15, 0.2) is 0 Å². The quantitative estimate of drug-likeness (QED) is 0.663. The monoisotopic (exact) mass is 270 g/mol. The van der Waals surface area contributed by atoms with Gasteiger partial charge in [0.2, 0.25) is 0 Å². The highest BCUT2D eigenvalue weighted by atomic mass is 32.2. The zero-order valence-electron chi connectivity index (χ0n) is 12.0. The van der Waals surface area contributed by atoms with Gasteiger partial charge in [0.25, 0.3) is 0 Å². The van der Waals surface area contributed by atoms with Crippen LogP contribution in [0.1, 0.15) is 36.5 Å². The minimum atomic E-state index is 0.572. The van der Waals surface area contributed by atoms with Gasteiger partial charge in [-0.2, -0.15) is 0 Å². The van der Waals surface area contributed by atoms with E-state index < -0.39 is 0 Å². The molecule has 0 aliphatic rings. The van der Waals surface area contributed by atoms with Gasteiger partial charge in [-0.25, -0.2) is 0 Å². The van der Waals surface area contributed by atoms with Crippen molar-refractivity contribution in [3.8, 4) is 0 Å². The minimum absolute atomic E-state index is 0.572. The van der Waals surface area contributed by atoms with Gasteiger partial charge >= 0.3 is 0 Å². The first kappa shape index (κ1) is 14.2. The van der Waals surface area contributed by atoms with Crippen LogP contribution in [0.4, 0.5) is 0 Å². The molecule has 1 unspecified atom stereocenters. The molecule has 0 fully saturated rings. The molecule has 0 heterocycles. The molecule has 0 saturated carbocycles. The minimum Gasteiger partial charge on any atom is -0.130 e. The topological polar surface area (TPSA) is 0 Å². The molecule has 0 spiro atoms. The predicted molar refractivity (Wildman–Crippen MR) is 86.2 cm³/mol. The number of hydrogen-bond donors (Lipinski definition) is 0. The van der Waals surface area contributed by atoms with Crippen molar-refractivity contribution < 1.29 is 0 Å². The molecule has 0 radical (unpaired) electrons. The number of thioether (sulfide) groups is 1. The molecule has 2 aromatic carbocycles. The van der Waals surface area contributed by atoms with Crippen LogP contribution in [0.15, 0.2) is 53.4 Å². The SMILES string of the molecule is CCc1cccc(CC(C)c2ccc(SC)cc2)c1. The Labute approximate surface area is 121 Å². The molecule has 2 aromatic rings. The van der Waals surface area contributed by atoms with Crippen LogP contribution in [-0.2, 0) is 12.8 Å². The average molecular weight is 270 g/mol. The smallest absolute Gasteiger partial charge is 0.00693 e. The van der Waals surface area contributed by atoms with Gasteiger partial charge in [0, 0.05) is 4.90 Å². The summed E-state index contributed by atoms with van der Waals surface area (Å²) in [4.78, 5) is 1.34. The van der Waals surface area contributed by atoms with E-state index in [1.165, 1.54) is 21.6 Å². The number of benzene rings is 2. The van der Waals surface area contributed by atoms with E-state index in [0.717, 1.165) is 12.8 Å². The highest BCUT2D eigenvalue weighted by molar-refractivity contribution is 7.98. The first-order valence-corrected chi connectivity index (χ1v) is 8.17. The maximum atomic E-state index is 2.34. The standard InChI is InChI=1S/C18H22S/c1-4-15-6-5-7-16(13-15)12-14(2)17-8-10-18(19-3)11-9-17/h5-11,13-14H,4,12H2,1-3H3. The van der Waals surface area contributed by atoms with Crippen molar-refractivity contribution in [3.05, 3.63) is 65.2 Å². The van der Waals surface area contributed by atoms with E-state index in [1.807, 2.05) is 0 Å². The summed E-state index contributed by atoms with van der Waals surface area (Å²) in [5.41, 5.74) is 4.31. The summed E-state index contributed by atoms with van der Waals surface area (Å²) in [7, 11) is 0. The van der Waals surface area contributed by atoms with E-state index in [-0.39, 0.29) is 0 Å². The molecule has 0 aromatic heterocycles. The van der Waals surface area contributed by atoms with E-state index in [2.05, 4.69) is 68.6 Å². The first-order chi connectivity index (χ1) is 9.22. The third kappa shape index (κ3) is 3.87. The molecule has 1 heteroatoms. The van der Waals surface area contributed by atoms with Crippen LogP contribution in [0, 0.1) is 0 Å². The fourth-order valence-electron chi connectivity index (χ4n) is 2.38. The molecule has 1 atom stereocenters. The van der Waals surface area contributed by atoms with Gasteiger partial charge in [0.05, 0.1) is 0 Å². The van der Waals surface area contributed by atoms with Crippen molar-refractivity contribution in [2.45, 2.75) is 37.5 Å². The molecule has 0 bridgehead atoms. The lowest BCUT2D eigenvalue weighted by atomic mass is 9.93. The second-order valence-electron chi connectivity index (χ2n) is 5.05. The Morgan fingerprint density at radius 3 is 2.32 bits per heavy atom. The van der Waals surface area contributed by atoms with Crippen LogP contribution >= 0.6 is 11.8 Å². The molecule has 0 nitrogen and oxygen atoms in total. The van der Waals surface area contributed by atoms with Crippen LogP contribution in [0.5, 0.6) is 0 Å². The molecule has 0 amide bonds. The van der Waals surface area contributed by atoms with Crippen molar-refractivity contribution in [2.24, 2.45) is 0 Å². The summed E-state index contributed by atoms with van der Waals surface area (Å²) in [6.45, 7) is 4.52. The molecule has 0 N–H and O–H groups in total. The van der Waals surface area contributed by atoms with Gasteiger partial charge in [-0.15, -0.1) is 11.8 Å². The summed E-state index contributed by atoms with van der Waals surface area (Å²) in [6.07, 6.45) is 4.35. The van der Waals surface area contributed by atoms with Crippen molar-refractivity contribution >= 4 is 11.8 Å². The van der Waals surface area contributed by atoms with Crippen molar-refractivity contribution in [1.82, 2.24) is 0 Å². The molecular weight excluding hydrogens is 248 g/mol. The molecular formula is C18H22S. The zero-order chi connectivity index (χ0) is 13.7. The van der Waals surface area contributed by atoms with Crippen LogP contribution < -0.4 is 0 Å². The van der Waals surface area contributed by atoms with Crippen molar-refractivity contribution in [1.29, 1.82) is 0 Å². The molecule has 0 aliphatic carbocycles. The Kier molecular flexibility index (Phi) is 5.09. The van der Waals surface area contributed by atoms with Crippen LogP contribution in [0.3, 0.4) is 0 Å². The molecule has 0 saturated heterocycles. The largest absolute Gasteiger partial charge is 0.130 e. The normalized spacial score (nSPS) is 12.4. The van der Waals surface area contributed by atoms with E-state index in [9.17, 15) is 0 Å². The lowest BCUT2D eigenvalue weighted by molar-refractivity contribution is 0.757. The van der Waals surface area contributed by atoms with Crippen molar-refractivity contribution in [3.63, 3.8) is 0 Å². The highest BCUT2D eigenvalue weighted by Crippen LogP contribution is 2.23. The Morgan fingerprint density at radius 2 is 1.68 bits per heavy atom. The summed E-state index contributed by atoms with van der Waals surface area (Å²) >= 11 is 1.80. The molecule has 0 aliphatic heterocycles. The van der Waals surface area contributed by atoms with E-state index in [0.29, 0.717) is 5.92 Å². The lowest BCUT2D eigenvalue weighted by Gasteiger charge is -2.13. The Morgan fingerprint density at radius 1 is 1.00 bits per heavy atom. The number of hydrogen-bond acceptors (Lipinski definition) is 1. The van der Waals surface area contributed by atoms with Crippen LogP contribution in [-0.4, -0.2) is 6.26 Å². The maximum Gasteiger partial charge on any atom is 0.00693 e. The lowest BCUT2D eigenvalue weighted by Crippen LogP contribution is -1.99. The van der Waals surface area contributed by atoms with Crippen LogP contribution in [0.25, 0.3) is 0 Å². The first-order valence-electron chi connectivity index (χ1n) is 6.94. The highest BCUT2D eigenvalue weighted by Gasteiger charge is 2.07. The van der Waals surface area contributed by atoms with Gasteiger partial charge < -0.3 is 0 Å². The van der Waals surface area contributed by atoms with E-state index in [4.69, 9.17) is 0 Å². The predicted octanol–water partition coefficient (Wildman–Crippen LogP) is 5.32. The van der Waals surface area contributed by atoms with Gasteiger partial charge in [0.1, 0.15) is 0 Å². The number of rotatable bonds is 5. The summed E-state index contributed by atoms with van der Waals surface area (Å²) in [5.74, 6) is 0.572. The zero-order valence-corrected chi connectivity index (χ0v) is 12.8. The summed E-state index contributed by atoms with van der Waals surface area (Å²) in [5, 5.41) is 0. The molecule has 19 heavy (non-hydrogen) atoms. The molecule has 2 rings (SSSR count). The Bertz CT molecular complexity index is 513. The Hall–Kier alpha value is -1.21. The van der Waals surface area contributed by atoms with Crippen molar-refractivity contribution in [2.75, 3.05) is 6.26 Å². The fraction of sp³-hybridized carbons (Fsp3) is 0.333. The van der Waals surface area contributed by atoms with Crippen LogP contribution in [0.2, 0.25) is 0 Å². The van der Waals surface area contributed by atoms with Gasteiger partial charge in [-0.3, -0.25) is 0 Å². The molecule has 100 valence electrons. The second kappa shape index (κ2) is 6.81. The number of aryl methyl sites for hydroxylation is 1. The summed E-state index contributed by atoms with van der Waals surface area (Å²) in [6, 6.07) is 17.9. The van der Waals surface area contributed by atoms with Gasteiger partial charge in [-0.1, -0.05) is 50.2 Å². The fourth-order valence-corrected chi connectivity index (χ4v) is 2.79. The third-order valence-electron chi connectivity index (χ3n) is 3.63. The summed E-state index contributed by atoms with van der Waals surface area (Å²) < 4.78 is 0. The van der Waals surface area contributed by atoms with Gasteiger partial charge in [-0.05, 0) is 53.8 Å². The Balaban J connectivity index is 2.08. The maximum absolute atomic E-state index is 2.34. The van der Waals surface area contributed by atoms with E-state index >= 15 is 0 Å².